The molecule has 3 heteroatoms. The van der Waals surface area contributed by atoms with Crippen molar-refractivity contribution in [3.8, 4) is 0 Å². The Kier molecular flexibility index (Phi) is 6.44. The maximum Gasteiger partial charge on any atom is 0.303 e. The number of hydrogen-bond acceptors (Lipinski definition) is 2. The summed E-state index contributed by atoms with van der Waals surface area (Å²) < 4.78 is 0. The van der Waals surface area contributed by atoms with E-state index in [9.17, 15) is 4.79 Å². The van der Waals surface area contributed by atoms with Crippen LogP contribution in [0, 0.1) is 0 Å². The molecule has 0 radical (unpaired) electrons. The van der Waals surface area contributed by atoms with Gasteiger partial charge in [0.05, 0.1) is 0 Å². The summed E-state index contributed by atoms with van der Waals surface area (Å²) in [6.45, 7) is 4.31. The van der Waals surface area contributed by atoms with E-state index in [0.29, 0.717) is 12.5 Å². The van der Waals surface area contributed by atoms with E-state index in [-0.39, 0.29) is 12.5 Å². The Hall–Kier alpha value is -1.35. The summed E-state index contributed by atoms with van der Waals surface area (Å²) >= 11 is 0. The van der Waals surface area contributed by atoms with E-state index in [1.165, 1.54) is 5.56 Å². The molecule has 0 aliphatic carbocycles. The van der Waals surface area contributed by atoms with Crippen LogP contribution in [0.5, 0.6) is 0 Å². The number of benzene rings is 1. The summed E-state index contributed by atoms with van der Waals surface area (Å²) in [6, 6.07) is 10.7. The zero-order valence-corrected chi connectivity index (χ0v) is 11.2. The SMILES string of the molecule is CCC(CC)NC(CCC(=O)O)c1ccccc1. The lowest BCUT2D eigenvalue weighted by molar-refractivity contribution is -0.137. The van der Waals surface area contributed by atoms with Gasteiger partial charge in [0.15, 0.2) is 0 Å². The number of rotatable bonds is 8. The van der Waals surface area contributed by atoms with Crippen molar-refractivity contribution < 1.29 is 9.90 Å². The molecule has 100 valence electrons. The lowest BCUT2D eigenvalue weighted by Gasteiger charge is -2.24. The van der Waals surface area contributed by atoms with Crippen molar-refractivity contribution in [1.29, 1.82) is 0 Å². The summed E-state index contributed by atoms with van der Waals surface area (Å²) in [5.41, 5.74) is 1.17. The molecule has 1 unspecified atom stereocenters. The third-order valence-corrected chi connectivity index (χ3v) is 3.27. The predicted octanol–water partition coefficient (Wildman–Crippen LogP) is 3.37. The van der Waals surface area contributed by atoms with Gasteiger partial charge in [-0.15, -0.1) is 0 Å². The first-order valence-corrected chi connectivity index (χ1v) is 6.70. The molecule has 0 aliphatic rings. The Morgan fingerprint density at radius 2 is 1.83 bits per heavy atom. The first kappa shape index (κ1) is 14.7. The molecular weight excluding hydrogens is 226 g/mol. The van der Waals surface area contributed by atoms with Crippen LogP contribution in [0.3, 0.4) is 0 Å². The number of nitrogens with one attached hydrogen (secondary N) is 1. The molecule has 18 heavy (non-hydrogen) atoms. The van der Waals surface area contributed by atoms with E-state index in [1.54, 1.807) is 0 Å². The minimum Gasteiger partial charge on any atom is -0.481 e. The fraction of sp³-hybridized carbons (Fsp3) is 0.533. The highest BCUT2D eigenvalue weighted by molar-refractivity contribution is 5.66. The van der Waals surface area contributed by atoms with Crippen molar-refractivity contribution in [2.45, 2.75) is 51.6 Å². The van der Waals surface area contributed by atoms with Gasteiger partial charge in [0.1, 0.15) is 0 Å². The molecule has 1 aromatic carbocycles. The van der Waals surface area contributed by atoms with Gasteiger partial charge in [-0.1, -0.05) is 44.2 Å². The lowest BCUT2D eigenvalue weighted by Crippen LogP contribution is -2.32. The van der Waals surface area contributed by atoms with Gasteiger partial charge in [-0.3, -0.25) is 4.79 Å². The summed E-state index contributed by atoms with van der Waals surface area (Å²) in [5, 5.41) is 12.4. The van der Waals surface area contributed by atoms with Crippen molar-refractivity contribution >= 4 is 5.97 Å². The highest BCUT2D eigenvalue weighted by Crippen LogP contribution is 2.20. The fourth-order valence-electron chi connectivity index (χ4n) is 2.11. The molecule has 0 aromatic heterocycles. The van der Waals surface area contributed by atoms with Crippen LogP contribution in [0.25, 0.3) is 0 Å². The average molecular weight is 249 g/mol. The Morgan fingerprint density at radius 1 is 1.22 bits per heavy atom. The van der Waals surface area contributed by atoms with E-state index in [1.807, 2.05) is 18.2 Å². The second-order valence-electron chi connectivity index (χ2n) is 4.58. The average Bonchev–Trinajstić information content (AvgIpc) is 2.40. The number of carboxylic acid groups (broad SMARTS) is 1. The van der Waals surface area contributed by atoms with Gasteiger partial charge in [0, 0.05) is 18.5 Å². The molecule has 0 amide bonds. The Morgan fingerprint density at radius 3 is 2.33 bits per heavy atom. The van der Waals surface area contributed by atoms with Crippen LogP contribution in [0.4, 0.5) is 0 Å². The molecule has 0 saturated carbocycles. The minimum atomic E-state index is -0.734. The molecule has 1 atom stereocenters. The van der Waals surface area contributed by atoms with Gasteiger partial charge in [0.2, 0.25) is 0 Å². The van der Waals surface area contributed by atoms with Gasteiger partial charge < -0.3 is 10.4 Å². The maximum atomic E-state index is 10.7. The zero-order valence-electron chi connectivity index (χ0n) is 11.2. The second kappa shape index (κ2) is 7.88. The Bertz CT molecular complexity index is 347. The highest BCUT2D eigenvalue weighted by Gasteiger charge is 2.15. The molecule has 1 aromatic rings. The number of carbonyl (C=O) groups is 1. The summed E-state index contributed by atoms with van der Waals surface area (Å²) in [7, 11) is 0. The summed E-state index contributed by atoms with van der Waals surface area (Å²) in [4.78, 5) is 10.7. The van der Waals surface area contributed by atoms with E-state index < -0.39 is 5.97 Å². The molecule has 0 spiro atoms. The molecule has 0 aliphatic heterocycles. The van der Waals surface area contributed by atoms with Crippen molar-refractivity contribution in [3.05, 3.63) is 35.9 Å². The first-order chi connectivity index (χ1) is 8.67. The van der Waals surface area contributed by atoms with Crippen LogP contribution in [0.2, 0.25) is 0 Å². The van der Waals surface area contributed by atoms with Crippen molar-refractivity contribution in [3.63, 3.8) is 0 Å². The molecular formula is C15H23NO2. The van der Waals surface area contributed by atoms with Crippen LogP contribution in [-0.4, -0.2) is 17.1 Å². The number of carboxylic acids is 1. The molecule has 3 nitrogen and oxygen atoms in total. The van der Waals surface area contributed by atoms with Crippen LogP contribution < -0.4 is 5.32 Å². The third-order valence-electron chi connectivity index (χ3n) is 3.27. The Labute approximate surface area is 109 Å². The number of hydrogen-bond donors (Lipinski definition) is 2. The number of aliphatic carboxylic acids is 1. The molecule has 1 rings (SSSR count). The summed E-state index contributed by atoms with van der Waals surface area (Å²) in [5.74, 6) is -0.734. The normalized spacial score (nSPS) is 12.6. The van der Waals surface area contributed by atoms with Gasteiger partial charge in [-0.2, -0.15) is 0 Å². The predicted molar refractivity (Wildman–Crippen MR) is 73.6 cm³/mol. The van der Waals surface area contributed by atoms with Gasteiger partial charge in [0.25, 0.3) is 0 Å². The van der Waals surface area contributed by atoms with Crippen molar-refractivity contribution in [1.82, 2.24) is 5.32 Å². The van der Waals surface area contributed by atoms with Crippen LogP contribution in [0.1, 0.15) is 51.1 Å². The first-order valence-electron chi connectivity index (χ1n) is 6.70. The van der Waals surface area contributed by atoms with E-state index in [2.05, 4.69) is 31.3 Å². The fourth-order valence-corrected chi connectivity index (χ4v) is 2.11. The molecule has 0 bridgehead atoms. The smallest absolute Gasteiger partial charge is 0.303 e. The second-order valence-corrected chi connectivity index (χ2v) is 4.58. The van der Waals surface area contributed by atoms with E-state index in [4.69, 9.17) is 5.11 Å². The lowest BCUT2D eigenvalue weighted by atomic mass is 10.00. The van der Waals surface area contributed by atoms with E-state index in [0.717, 1.165) is 12.8 Å². The standard InChI is InChI=1S/C15H23NO2/c1-3-13(4-2)16-14(10-11-15(17)18)12-8-6-5-7-9-12/h5-9,13-14,16H,3-4,10-11H2,1-2H3,(H,17,18). The zero-order chi connectivity index (χ0) is 13.4. The molecule has 0 heterocycles. The van der Waals surface area contributed by atoms with Crippen molar-refractivity contribution in [2.75, 3.05) is 0 Å². The van der Waals surface area contributed by atoms with Crippen LogP contribution in [0.15, 0.2) is 30.3 Å². The maximum absolute atomic E-state index is 10.7. The van der Waals surface area contributed by atoms with Gasteiger partial charge in [-0.25, -0.2) is 0 Å². The van der Waals surface area contributed by atoms with Gasteiger partial charge in [-0.05, 0) is 24.8 Å². The summed E-state index contributed by atoms with van der Waals surface area (Å²) in [6.07, 6.45) is 2.96. The highest BCUT2D eigenvalue weighted by atomic mass is 16.4. The molecule has 0 fully saturated rings. The quantitative estimate of drug-likeness (QED) is 0.742. The van der Waals surface area contributed by atoms with E-state index >= 15 is 0 Å². The van der Waals surface area contributed by atoms with Crippen LogP contribution >= 0.6 is 0 Å². The van der Waals surface area contributed by atoms with Crippen LogP contribution in [-0.2, 0) is 4.79 Å². The third kappa shape index (κ3) is 4.88. The monoisotopic (exact) mass is 249 g/mol. The Balaban J connectivity index is 2.71. The molecule has 2 N–H and O–H groups in total. The molecule has 0 saturated heterocycles. The van der Waals surface area contributed by atoms with Gasteiger partial charge >= 0.3 is 5.97 Å². The largest absolute Gasteiger partial charge is 0.481 e. The minimum absolute atomic E-state index is 0.132. The topological polar surface area (TPSA) is 49.3 Å². The van der Waals surface area contributed by atoms with Crippen molar-refractivity contribution in [2.24, 2.45) is 0 Å².